The van der Waals surface area contributed by atoms with Crippen molar-refractivity contribution in [2.45, 2.75) is 26.4 Å². The zero-order chi connectivity index (χ0) is 18.8. The zero-order valence-electron chi connectivity index (χ0n) is 15.4. The molecule has 0 bridgehead atoms. The molecule has 0 atom stereocenters. The van der Waals surface area contributed by atoms with Gasteiger partial charge in [0.15, 0.2) is 0 Å². The second kappa shape index (κ2) is 10.7. The summed E-state index contributed by atoms with van der Waals surface area (Å²) in [5.41, 5.74) is 1.07. The van der Waals surface area contributed by atoms with Crippen LogP contribution >= 0.6 is 11.3 Å². The minimum Gasteiger partial charge on any atom is -0.375 e. The maximum absolute atomic E-state index is 13.0. The van der Waals surface area contributed by atoms with E-state index in [1.807, 2.05) is 59.7 Å². The van der Waals surface area contributed by atoms with E-state index in [2.05, 4.69) is 0 Å². The molecule has 0 aliphatic rings. The molecule has 0 N–H and O–H groups in total. The van der Waals surface area contributed by atoms with Gasteiger partial charge in [0, 0.05) is 25.1 Å². The largest absolute Gasteiger partial charge is 0.375 e. The molecular formula is C20H26N2O3S. The molecule has 0 saturated carbocycles. The van der Waals surface area contributed by atoms with Crippen molar-refractivity contribution < 1.29 is 14.3 Å². The van der Waals surface area contributed by atoms with Gasteiger partial charge in [-0.3, -0.25) is 9.59 Å². The molecule has 0 unspecified atom stereocenters. The van der Waals surface area contributed by atoms with Crippen molar-refractivity contribution in [1.82, 2.24) is 9.80 Å². The van der Waals surface area contributed by atoms with Gasteiger partial charge in [0.25, 0.3) is 0 Å². The van der Waals surface area contributed by atoms with Crippen molar-refractivity contribution in [1.29, 1.82) is 0 Å². The number of hydrogen-bond acceptors (Lipinski definition) is 4. The van der Waals surface area contributed by atoms with Crippen LogP contribution in [0.2, 0.25) is 0 Å². The Morgan fingerprint density at radius 1 is 1.00 bits per heavy atom. The minimum atomic E-state index is -0.154. The summed E-state index contributed by atoms with van der Waals surface area (Å²) >= 11 is 1.63. The molecule has 1 heterocycles. The second-order valence-corrected chi connectivity index (χ2v) is 7.10. The van der Waals surface area contributed by atoms with E-state index >= 15 is 0 Å². The number of ether oxygens (including phenoxy) is 1. The van der Waals surface area contributed by atoms with Gasteiger partial charge in [-0.1, -0.05) is 43.3 Å². The summed E-state index contributed by atoms with van der Waals surface area (Å²) in [7, 11) is 1.49. The first-order valence-electron chi connectivity index (χ1n) is 8.74. The topological polar surface area (TPSA) is 49.9 Å². The number of rotatable bonds is 10. The lowest BCUT2D eigenvalue weighted by atomic mass is 10.2. The highest BCUT2D eigenvalue weighted by molar-refractivity contribution is 7.09. The minimum absolute atomic E-state index is 0.00309. The highest BCUT2D eigenvalue weighted by atomic mass is 32.1. The van der Waals surface area contributed by atoms with Crippen LogP contribution in [0.5, 0.6) is 0 Å². The number of carbonyl (C=O) groups is 2. The Morgan fingerprint density at radius 3 is 2.38 bits per heavy atom. The van der Waals surface area contributed by atoms with Gasteiger partial charge in [0.05, 0.1) is 13.1 Å². The molecule has 6 heteroatoms. The van der Waals surface area contributed by atoms with Crippen molar-refractivity contribution in [3.63, 3.8) is 0 Å². The van der Waals surface area contributed by atoms with Crippen LogP contribution in [0.25, 0.3) is 0 Å². The van der Waals surface area contributed by atoms with E-state index in [0.29, 0.717) is 19.6 Å². The maximum atomic E-state index is 13.0. The average Bonchev–Trinajstić information content (AvgIpc) is 3.15. The lowest BCUT2D eigenvalue weighted by Gasteiger charge is -2.27. The van der Waals surface area contributed by atoms with Gasteiger partial charge >= 0.3 is 0 Å². The first-order chi connectivity index (χ1) is 12.6. The Morgan fingerprint density at radius 2 is 1.77 bits per heavy atom. The third-order valence-electron chi connectivity index (χ3n) is 3.94. The Labute approximate surface area is 159 Å². The molecule has 140 valence electrons. The predicted molar refractivity (Wildman–Crippen MR) is 104 cm³/mol. The van der Waals surface area contributed by atoms with Gasteiger partial charge in [-0.25, -0.2) is 0 Å². The van der Waals surface area contributed by atoms with E-state index in [1.165, 1.54) is 7.11 Å². The van der Waals surface area contributed by atoms with E-state index in [9.17, 15) is 9.59 Å². The summed E-state index contributed by atoms with van der Waals surface area (Å²) in [5, 5.41) is 2.01. The maximum Gasteiger partial charge on any atom is 0.249 e. The Bertz CT molecular complexity index is 674. The first-order valence-corrected chi connectivity index (χ1v) is 9.62. The smallest absolute Gasteiger partial charge is 0.249 e. The zero-order valence-corrected chi connectivity index (χ0v) is 16.2. The summed E-state index contributed by atoms with van der Waals surface area (Å²) in [5.74, 6) is -0.210. The van der Waals surface area contributed by atoms with Crippen molar-refractivity contribution in [2.24, 2.45) is 0 Å². The highest BCUT2D eigenvalue weighted by Gasteiger charge is 2.21. The SMILES string of the molecule is CCCN(CC(=O)N(Cc1ccccc1)Cc1cccs1)C(=O)COC. The van der Waals surface area contributed by atoms with Crippen molar-refractivity contribution in [3.8, 4) is 0 Å². The monoisotopic (exact) mass is 374 g/mol. The van der Waals surface area contributed by atoms with E-state index in [4.69, 9.17) is 4.74 Å². The van der Waals surface area contributed by atoms with Gasteiger partial charge in [0.1, 0.15) is 6.61 Å². The Kier molecular flexibility index (Phi) is 8.31. The Balaban J connectivity index is 2.11. The number of methoxy groups -OCH3 is 1. The summed E-state index contributed by atoms with van der Waals surface area (Å²) in [4.78, 5) is 29.7. The van der Waals surface area contributed by atoms with E-state index in [-0.39, 0.29) is 25.0 Å². The van der Waals surface area contributed by atoms with Crippen LogP contribution in [0, 0.1) is 0 Å². The number of nitrogens with zero attached hydrogens (tertiary/aromatic N) is 2. The van der Waals surface area contributed by atoms with Gasteiger partial charge in [-0.2, -0.15) is 0 Å². The predicted octanol–water partition coefficient (Wildman–Crippen LogP) is 3.16. The van der Waals surface area contributed by atoms with Crippen LogP contribution in [-0.4, -0.2) is 48.4 Å². The molecule has 5 nitrogen and oxygen atoms in total. The molecule has 2 rings (SSSR count). The molecule has 0 saturated heterocycles. The summed E-state index contributed by atoms with van der Waals surface area (Å²) in [6, 6.07) is 13.9. The molecule has 2 amide bonds. The third-order valence-corrected chi connectivity index (χ3v) is 4.80. The van der Waals surface area contributed by atoms with Crippen LogP contribution in [0.3, 0.4) is 0 Å². The summed E-state index contributed by atoms with van der Waals surface area (Å²) < 4.78 is 4.94. The second-order valence-electron chi connectivity index (χ2n) is 6.06. The van der Waals surface area contributed by atoms with Crippen LogP contribution in [0.4, 0.5) is 0 Å². The molecule has 0 aliphatic carbocycles. The van der Waals surface area contributed by atoms with Gasteiger partial charge < -0.3 is 14.5 Å². The Hall–Kier alpha value is -2.18. The fourth-order valence-electron chi connectivity index (χ4n) is 2.67. The fraction of sp³-hybridized carbons (Fsp3) is 0.400. The summed E-state index contributed by atoms with van der Waals surface area (Å²) in [6.07, 6.45) is 0.798. The lowest BCUT2D eigenvalue weighted by molar-refractivity contribution is -0.143. The van der Waals surface area contributed by atoms with Crippen molar-refractivity contribution in [3.05, 3.63) is 58.3 Å². The van der Waals surface area contributed by atoms with Crippen LogP contribution in [0.15, 0.2) is 47.8 Å². The molecule has 1 aromatic carbocycles. The lowest BCUT2D eigenvalue weighted by Crippen LogP contribution is -2.43. The van der Waals surface area contributed by atoms with Crippen LogP contribution < -0.4 is 0 Å². The first kappa shape index (κ1) is 20.1. The van der Waals surface area contributed by atoms with Gasteiger partial charge in [-0.15, -0.1) is 11.3 Å². The summed E-state index contributed by atoms with van der Waals surface area (Å²) in [6.45, 7) is 3.68. The number of amides is 2. The van der Waals surface area contributed by atoms with Crippen molar-refractivity contribution >= 4 is 23.2 Å². The van der Waals surface area contributed by atoms with Gasteiger partial charge in [-0.05, 0) is 23.4 Å². The molecule has 0 aliphatic heterocycles. The average molecular weight is 375 g/mol. The van der Waals surface area contributed by atoms with E-state index in [1.54, 1.807) is 16.2 Å². The van der Waals surface area contributed by atoms with E-state index in [0.717, 1.165) is 16.9 Å². The van der Waals surface area contributed by atoms with E-state index < -0.39 is 0 Å². The molecule has 1 aromatic heterocycles. The highest BCUT2D eigenvalue weighted by Crippen LogP contribution is 2.15. The number of thiophene rings is 1. The van der Waals surface area contributed by atoms with Crippen LogP contribution in [0.1, 0.15) is 23.8 Å². The number of benzene rings is 1. The number of hydrogen-bond donors (Lipinski definition) is 0. The fourth-order valence-corrected chi connectivity index (χ4v) is 3.39. The molecule has 26 heavy (non-hydrogen) atoms. The third kappa shape index (κ3) is 6.28. The molecule has 2 aromatic rings. The molecule has 0 radical (unpaired) electrons. The quantitative estimate of drug-likeness (QED) is 0.642. The normalized spacial score (nSPS) is 10.5. The number of carbonyl (C=O) groups excluding carboxylic acids is 2. The molecule has 0 spiro atoms. The standard InChI is InChI=1S/C20H26N2O3S/c1-3-11-21(20(24)16-25-2)15-19(23)22(14-18-10-7-12-26-18)13-17-8-5-4-6-9-17/h4-10,12H,3,11,13-16H2,1-2H3. The van der Waals surface area contributed by atoms with Crippen molar-refractivity contribution in [2.75, 3.05) is 26.8 Å². The van der Waals surface area contributed by atoms with Gasteiger partial charge in [0.2, 0.25) is 11.8 Å². The molecule has 0 fully saturated rings. The van der Waals surface area contributed by atoms with Crippen LogP contribution in [-0.2, 0) is 27.4 Å². The molecular weight excluding hydrogens is 348 g/mol.